The summed E-state index contributed by atoms with van der Waals surface area (Å²) in [5, 5.41) is 9.33. The summed E-state index contributed by atoms with van der Waals surface area (Å²) in [5.41, 5.74) is 12.8. The fourth-order valence-corrected chi connectivity index (χ4v) is 5.36. The molecule has 1 aliphatic carbocycles. The van der Waals surface area contributed by atoms with E-state index in [2.05, 4.69) is 53.8 Å². The largest absolute Gasteiger partial charge is 0.676 e. The summed E-state index contributed by atoms with van der Waals surface area (Å²) in [6.45, 7) is 0. The third kappa shape index (κ3) is 4.53. The number of anilines is 1. The molecule has 0 fully saturated rings. The normalized spacial score (nSPS) is 14.2. The van der Waals surface area contributed by atoms with Crippen molar-refractivity contribution >= 4 is 38.6 Å². The van der Waals surface area contributed by atoms with Gasteiger partial charge in [0.1, 0.15) is 11.3 Å². The van der Waals surface area contributed by atoms with Crippen molar-refractivity contribution in [2.45, 2.75) is 18.9 Å². The second kappa shape index (κ2) is 10.4. The Hall–Kier alpha value is -3.88. The number of hydrogen-bond acceptors (Lipinski definition) is 6. The van der Waals surface area contributed by atoms with Gasteiger partial charge in [0.05, 0.1) is 10.2 Å². The maximum atomic E-state index is 6.30. The standard InChI is InChI=1S/C28H21BrN9.W/c29-25-22(5-2-12-31-25)34-21-9-6-17-16-18(7-8-19(17)21)38-27(20-4-1-13-32-26(20)30)35-23-10-11-24(36-28(23)38)37-15-3-14-33-37;/h1-5,7-8,10-16,21H,6,9H2,(H2,30,32);/q-1;. The van der Waals surface area contributed by atoms with Crippen LogP contribution in [0.1, 0.15) is 23.6 Å². The van der Waals surface area contributed by atoms with E-state index >= 15 is 0 Å². The summed E-state index contributed by atoms with van der Waals surface area (Å²) in [4.78, 5) is 18.5. The Labute approximate surface area is 246 Å². The van der Waals surface area contributed by atoms with Gasteiger partial charge in [0.25, 0.3) is 0 Å². The van der Waals surface area contributed by atoms with Gasteiger partial charge in [0, 0.05) is 51.5 Å². The van der Waals surface area contributed by atoms with Crippen LogP contribution in [0.3, 0.4) is 0 Å². The quantitative estimate of drug-likeness (QED) is 0.214. The van der Waals surface area contributed by atoms with E-state index < -0.39 is 0 Å². The number of fused-ring (bicyclic) bond motifs is 2. The molecule has 0 radical (unpaired) electrons. The number of benzene rings is 1. The van der Waals surface area contributed by atoms with Crippen molar-refractivity contribution in [3.05, 3.63) is 106 Å². The minimum absolute atomic E-state index is 0. The smallest absolute Gasteiger partial charge is 0.167 e. The minimum atomic E-state index is 0. The molecule has 39 heavy (non-hydrogen) atoms. The molecule has 6 aromatic rings. The van der Waals surface area contributed by atoms with Crippen molar-refractivity contribution in [2.24, 2.45) is 0 Å². The second-order valence-electron chi connectivity index (χ2n) is 9.05. The van der Waals surface area contributed by atoms with Crippen molar-refractivity contribution in [1.82, 2.24) is 34.3 Å². The van der Waals surface area contributed by atoms with E-state index in [-0.39, 0.29) is 27.1 Å². The Bertz CT molecular complexity index is 1800. The fourth-order valence-electron chi connectivity index (χ4n) is 5.01. The summed E-state index contributed by atoms with van der Waals surface area (Å²) in [5.74, 6) is 1.81. The molecule has 7 rings (SSSR count). The van der Waals surface area contributed by atoms with Crippen molar-refractivity contribution in [2.75, 3.05) is 5.73 Å². The Morgan fingerprint density at radius 2 is 1.82 bits per heavy atom. The number of hydrogen-bond donors (Lipinski definition) is 1. The number of rotatable bonds is 5. The van der Waals surface area contributed by atoms with Crippen LogP contribution in [0, 0.1) is 0 Å². The van der Waals surface area contributed by atoms with Crippen LogP contribution in [0.4, 0.5) is 11.5 Å². The van der Waals surface area contributed by atoms with Crippen LogP contribution in [0.5, 0.6) is 0 Å². The predicted octanol–water partition coefficient (Wildman–Crippen LogP) is 6.10. The van der Waals surface area contributed by atoms with Crippen LogP contribution >= 0.6 is 15.9 Å². The summed E-state index contributed by atoms with van der Waals surface area (Å²) in [6.07, 6.45) is 8.91. The summed E-state index contributed by atoms with van der Waals surface area (Å²) in [7, 11) is 0. The Kier molecular flexibility index (Phi) is 6.74. The summed E-state index contributed by atoms with van der Waals surface area (Å²) in [6, 6.07) is 20.0. The molecule has 5 aromatic heterocycles. The number of nitrogens with zero attached hydrogens (tertiary/aromatic N) is 8. The molecular weight excluding hydrogens is 726 g/mol. The number of halogens is 1. The summed E-state index contributed by atoms with van der Waals surface area (Å²) >= 11 is 3.52. The number of pyridine rings is 3. The van der Waals surface area contributed by atoms with E-state index in [1.807, 2.05) is 48.7 Å². The van der Waals surface area contributed by atoms with Crippen LogP contribution in [-0.2, 0) is 27.5 Å². The molecule has 0 amide bonds. The van der Waals surface area contributed by atoms with Gasteiger partial charge >= 0.3 is 0 Å². The molecule has 1 aromatic carbocycles. The number of aryl methyl sites for hydroxylation is 1. The monoisotopic (exact) mass is 746 g/mol. The van der Waals surface area contributed by atoms with Gasteiger partial charge in [0.15, 0.2) is 17.3 Å². The minimum Gasteiger partial charge on any atom is -0.676 e. The van der Waals surface area contributed by atoms with E-state index in [1.165, 1.54) is 11.1 Å². The predicted molar refractivity (Wildman–Crippen MR) is 150 cm³/mol. The first-order valence-electron chi connectivity index (χ1n) is 12.2. The van der Waals surface area contributed by atoms with Crippen LogP contribution in [0.2, 0.25) is 0 Å². The van der Waals surface area contributed by atoms with E-state index in [4.69, 9.17) is 21.0 Å². The zero-order chi connectivity index (χ0) is 25.6. The number of aromatic nitrogens is 7. The van der Waals surface area contributed by atoms with Crippen LogP contribution < -0.4 is 5.73 Å². The molecule has 1 aliphatic rings. The van der Waals surface area contributed by atoms with Crippen molar-refractivity contribution in [3.63, 3.8) is 0 Å². The van der Waals surface area contributed by atoms with Crippen LogP contribution in [0.15, 0.2) is 90.1 Å². The molecule has 2 N–H and O–H groups in total. The van der Waals surface area contributed by atoms with Gasteiger partial charge in [-0.3, -0.25) is 9.55 Å². The van der Waals surface area contributed by atoms with E-state index in [0.29, 0.717) is 17.5 Å². The number of nitrogen functional groups attached to an aromatic ring is 1. The zero-order valence-electron chi connectivity index (χ0n) is 20.5. The van der Waals surface area contributed by atoms with Gasteiger partial charge in [-0.25, -0.2) is 19.6 Å². The molecule has 11 heteroatoms. The van der Waals surface area contributed by atoms with Crippen molar-refractivity contribution < 1.29 is 21.1 Å². The third-order valence-corrected chi connectivity index (χ3v) is 7.38. The maximum Gasteiger partial charge on any atom is 0.167 e. The van der Waals surface area contributed by atoms with E-state index in [0.717, 1.165) is 45.5 Å². The third-order valence-electron chi connectivity index (χ3n) is 6.77. The fraction of sp³-hybridized carbons (Fsp3) is 0.107. The average Bonchev–Trinajstić information content (AvgIpc) is 3.69. The molecule has 192 valence electrons. The van der Waals surface area contributed by atoms with Crippen molar-refractivity contribution in [1.29, 1.82) is 0 Å². The number of imidazole rings is 1. The van der Waals surface area contributed by atoms with Crippen LogP contribution in [-0.4, -0.2) is 34.3 Å². The van der Waals surface area contributed by atoms with Gasteiger partial charge < -0.3 is 11.1 Å². The topological polar surface area (TPSA) is 114 Å². The zero-order valence-corrected chi connectivity index (χ0v) is 25.0. The molecule has 9 nitrogen and oxygen atoms in total. The van der Waals surface area contributed by atoms with Gasteiger partial charge in [-0.05, 0) is 76.4 Å². The van der Waals surface area contributed by atoms with Gasteiger partial charge in [0.2, 0.25) is 0 Å². The average molecular weight is 747 g/mol. The first-order chi connectivity index (χ1) is 18.7. The van der Waals surface area contributed by atoms with Gasteiger partial charge in [-0.2, -0.15) is 5.10 Å². The van der Waals surface area contributed by atoms with Gasteiger partial charge in [-0.1, -0.05) is 30.2 Å². The Morgan fingerprint density at radius 3 is 2.64 bits per heavy atom. The molecule has 0 bridgehead atoms. The molecule has 0 saturated heterocycles. The molecule has 5 heterocycles. The van der Waals surface area contributed by atoms with E-state index in [1.54, 1.807) is 23.3 Å². The number of nitrogens with two attached hydrogens (primary N) is 1. The van der Waals surface area contributed by atoms with Crippen molar-refractivity contribution in [3.8, 4) is 22.9 Å². The SMILES string of the molecule is Nc1ncccc1-c1nc2ccc(-n3cccn3)nc2n1-c1ccc2c(c1)CCC2[N-]c1cccnc1Br.[W]. The maximum absolute atomic E-state index is 6.30. The Balaban J connectivity index is 0.00000277. The molecule has 1 unspecified atom stereocenters. The second-order valence-corrected chi connectivity index (χ2v) is 9.80. The molecular formula is C28H21BrN9W-. The van der Waals surface area contributed by atoms with Gasteiger partial charge in [-0.15, -0.1) is 5.69 Å². The molecule has 0 spiro atoms. The molecule has 0 aliphatic heterocycles. The summed E-state index contributed by atoms with van der Waals surface area (Å²) < 4.78 is 4.55. The first kappa shape index (κ1) is 25.4. The molecule has 1 atom stereocenters. The van der Waals surface area contributed by atoms with Crippen LogP contribution in [0.25, 0.3) is 39.4 Å². The Morgan fingerprint density at radius 1 is 0.949 bits per heavy atom. The molecule has 0 saturated carbocycles. The van der Waals surface area contributed by atoms with E-state index in [9.17, 15) is 0 Å². The first-order valence-corrected chi connectivity index (χ1v) is 13.0.